The maximum absolute atomic E-state index is 12.8. The highest BCUT2D eigenvalue weighted by Gasteiger charge is 2.54. The second-order valence-electron chi connectivity index (χ2n) is 7.01. The first-order chi connectivity index (χ1) is 12.1. The summed E-state index contributed by atoms with van der Waals surface area (Å²) in [4.78, 5) is 14.7. The first-order valence-electron chi connectivity index (χ1n) is 8.64. The molecule has 2 fully saturated rings. The van der Waals surface area contributed by atoms with E-state index in [1.807, 2.05) is 17.9 Å². The summed E-state index contributed by atoms with van der Waals surface area (Å²) < 4.78 is 12.0. The molecule has 3 heterocycles. The van der Waals surface area contributed by atoms with Crippen LogP contribution in [0.4, 0.5) is 0 Å². The highest BCUT2D eigenvalue weighted by molar-refractivity contribution is 5.95. The predicted octanol–water partition coefficient (Wildman–Crippen LogP) is 2.13. The highest BCUT2D eigenvalue weighted by atomic mass is 16.6. The Morgan fingerprint density at radius 1 is 1.40 bits per heavy atom. The molecule has 1 aromatic heterocycles. The molecule has 2 saturated heterocycles. The molecule has 1 N–H and O–H groups in total. The van der Waals surface area contributed by atoms with Gasteiger partial charge in [-0.05, 0) is 18.9 Å². The molecule has 0 unspecified atom stereocenters. The number of carbonyl (C=O) groups excluding carboxylic acids is 1. The third kappa shape index (κ3) is 2.75. The lowest BCUT2D eigenvalue weighted by molar-refractivity contribution is -0.0755. The summed E-state index contributed by atoms with van der Waals surface area (Å²) in [5.74, 6) is 0.321. The van der Waals surface area contributed by atoms with E-state index in [9.17, 15) is 4.79 Å². The molecule has 0 saturated carbocycles. The largest absolute Gasteiger partial charge is 0.377 e. The van der Waals surface area contributed by atoms with Gasteiger partial charge >= 0.3 is 0 Å². The summed E-state index contributed by atoms with van der Waals surface area (Å²) in [5, 5.41) is 6.79. The van der Waals surface area contributed by atoms with Gasteiger partial charge < -0.3 is 14.4 Å². The fourth-order valence-corrected chi connectivity index (χ4v) is 4.11. The third-order valence-electron chi connectivity index (χ3n) is 5.50. The van der Waals surface area contributed by atoms with Crippen LogP contribution in [-0.4, -0.2) is 59.5 Å². The Morgan fingerprint density at radius 3 is 2.88 bits per heavy atom. The molecule has 4 rings (SSSR count). The maximum atomic E-state index is 12.8. The summed E-state index contributed by atoms with van der Waals surface area (Å²) in [6.07, 6.45) is 2.34. The van der Waals surface area contributed by atoms with Crippen molar-refractivity contribution in [2.45, 2.75) is 31.0 Å². The highest BCUT2D eigenvalue weighted by Crippen LogP contribution is 2.43. The van der Waals surface area contributed by atoms with Crippen LogP contribution < -0.4 is 0 Å². The molecule has 2 aliphatic rings. The fraction of sp³-hybridized carbons (Fsp3) is 0.474. The van der Waals surface area contributed by atoms with Gasteiger partial charge in [0.25, 0.3) is 5.91 Å². The van der Waals surface area contributed by atoms with Crippen LogP contribution in [-0.2, 0) is 9.47 Å². The van der Waals surface area contributed by atoms with E-state index in [2.05, 4.69) is 34.5 Å². The van der Waals surface area contributed by atoms with E-state index in [1.165, 1.54) is 5.56 Å². The molecular formula is C19H23N3O3. The van der Waals surface area contributed by atoms with Crippen molar-refractivity contribution < 1.29 is 14.3 Å². The quantitative estimate of drug-likeness (QED) is 0.929. The lowest BCUT2D eigenvalue weighted by Crippen LogP contribution is -2.42. The minimum absolute atomic E-state index is 0.0167. The topological polar surface area (TPSA) is 67.5 Å². The first kappa shape index (κ1) is 16.3. The molecule has 0 bridgehead atoms. The number of likely N-dealkylation sites (tertiary alicyclic amines) is 1. The number of benzene rings is 1. The molecule has 2 aromatic rings. The summed E-state index contributed by atoms with van der Waals surface area (Å²) in [7, 11) is 1.70. The van der Waals surface area contributed by atoms with Crippen molar-refractivity contribution in [1.82, 2.24) is 15.1 Å². The Morgan fingerprint density at radius 2 is 2.20 bits per heavy atom. The average Bonchev–Trinajstić information content (AvgIpc) is 3.35. The Hall–Kier alpha value is -2.18. The van der Waals surface area contributed by atoms with Crippen LogP contribution in [0.15, 0.2) is 36.5 Å². The van der Waals surface area contributed by atoms with Gasteiger partial charge in [-0.2, -0.15) is 5.10 Å². The molecule has 2 aliphatic heterocycles. The van der Waals surface area contributed by atoms with E-state index in [4.69, 9.17) is 9.47 Å². The van der Waals surface area contributed by atoms with Gasteiger partial charge in [0.05, 0.1) is 31.5 Å². The van der Waals surface area contributed by atoms with Crippen molar-refractivity contribution in [3.8, 4) is 0 Å². The zero-order valence-electron chi connectivity index (χ0n) is 14.6. The average molecular weight is 341 g/mol. The van der Waals surface area contributed by atoms with Crippen LogP contribution in [0.1, 0.15) is 34.0 Å². The van der Waals surface area contributed by atoms with E-state index >= 15 is 0 Å². The standard InChI is InChI=1S/C19H23N3O3/c1-13-16(9-20-21-13)18(23)22-10-17(24-2)19(12-22)8-15(11-25-19)14-6-4-3-5-7-14/h3-7,9,15,17H,8,10-12H2,1-2H3,(H,20,21)/t15-,17-,19-/m1/s1. The molecule has 6 heteroatoms. The molecule has 1 aromatic carbocycles. The number of rotatable bonds is 3. The van der Waals surface area contributed by atoms with E-state index in [1.54, 1.807) is 13.3 Å². The Bertz CT molecular complexity index is 760. The monoisotopic (exact) mass is 341 g/mol. The number of ether oxygens (including phenoxy) is 2. The maximum Gasteiger partial charge on any atom is 0.257 e. The van der Waals surface area contributed by atoms with Crippen molar-refractivity contribution in [2.24, 2.45) is 0 Å². The van der Waals surface area contributed by atoms with Crippen molar-refractivity contribution in [3.63, 3.8) is 0 Å². The van der Waals surface area contributed by atoms with Crippen molar-refractivity contribution in [2.75, 3.05) is 26.8 Å². The number of H-pyrrole nitrogens is 1. The number of methoxy groups -OCH3 is 1. The second-order valence-corrected chi connectivity index (χ2v) is 7.01. The number of amides is 1. The second kappa shape index (κ2) is 6.28. The summed E-state index contributed by atoms with van der Waals surface area (Å²) >= 11 is 0. The molecule has 1 spiro atoms. The first-order valence-corrected chi connectivity index (χ1v) is 8.64. The summed E-state index contributed by atoms with van der Waals surface area (Å²) in [6, 6.07) is 10.4. The van der Waals surface area contributed by atoms with Crippen LogP contribution in [0, 0.1) is 6.92 Å². The van der Waals surface area contributed by atoms with Gasteiger partial charge in [-0.15, -0.1) is 0 Å². The van der Waals surface area contributed by atoms with E-state index in [-0.39, 0.29) is 12.0 Å². The number of hydrogen-bond acceptors (Lipinski definition) is 4. The van der Waals surface area contributed by atoms with Gasteiger partial charge in [0, 0.05) is 18.7 Å². The van der Waals surface area contributed by atoms with E-state index < -0.39 is 5.60 Å². The zero-order chi connectivity index (χ0) is 17.4. The van der Waals surface area contributed by atoms with Crippen molar-refractivity contribution >= 4 is 5.91 Å². The number of nitrogens with zero attached hydrogens (tertiary/aromatic N) is 2. The van der Waals surface area contributed by atoms with Gasteiger partial charge in [0.2, 0.25) is 0 Å². The smallest absolute Gasteiger partial charge is 0.257 e. The number of carbonyl (C=O) groups is 1. The molecule has 3 atom stereocenters. The minimum atomic E-state index is -0.428. The van der Waals surface area contributed by atoms with Gasteiger partial charge in [0.15, 0.2) is 0 Å². The number of aromatic amines is 1. The Balaban J connectivity index is 1.54. The lowest BCUT2D eigenvalue weighted by Gasteiger charge is -2.28. The van der Waals surface area contributed by atoms with E-state index in [0.29, 0.717) is 31.2 Å². The SMILES string of the molecule is CO[C@@H]1CN(C(=O)c2cn[nH]c2C)C[C@]12C[C@@H](c1ccccc1)CO2. The van der Waals surface area contributed by atoms with E-state index in [0.717, 1.165) is 12.1 Å². The van der Waals surface area contributed by atoms with Gasteiger partial charge in [0.1, 0.15) is 11.7 Å². The van der Waals surface area contributed by atoms with Gasteiger partial charge in [-0.3, -0.25) is 9.89 Å². The zero-order valence-corrected chi connectivity index (χ0v) is 14.6. The normalized spacial score (nSPS) is 28.8. The van der Waals surface area contributed by atoms with Gasteiger partial charge in [-0.1, -0.05) is 30.3 Å². The van der Waals surface area contributed by atoms with Crippen LogP contribution in [0.2, 0.25) is 0 Å². The molecule has 132 valence electrons. The third-order valence-corrected chi connectivity index (χ3v) is 5.50. The summed E-state index contributed by atoms with van der Waals surface area (Å²) in [6.45, 7) is 3.62. The number of nitrogens with one attached hydrogen (secondary N) is 1. The van der Waals surface area contributed by atoms with Crippen LogP contribution >= 0.6 is 0 Å². The molecular weight excluding hydrogens is 318 g/mol. The Kier molecular flexibility index (Phi) is 4.09. The lowest BCUT2D eigenvalue weighted by atomic mass is 9.87. The number of aromatic nitrogens is 2. The van der Waals surface area contributed by atoms with Crippen LogP contribution in [0.5, 0.6) is 0 Å². The van der Waals surface area contributed by atoms with Crippen molar-refractivity contribution in [3.05, 3.63) is 53.3 Å². The van der Waals surface area contributed by atoms with Gasteiger partial charge in [-0.25, -0.2) is 0 Å². The predicted molar refractivity (Wildman–Crippen MR) is 92.5 cm³/mol. The molecule has 0 radical (unpaired) electrons. The molecule has 0 aliphatic carbocycles. The molecule has 25 heavy (non-hydrogen) atoms. The minimum Gasteiger partial charge on any atom is -0.377 e. The van der Waals surface area contributed by atoms with Crippen LogP contribution in [0.3, 0.4) is 0 Å². The molecule has 6 nitrogen and oxygen atoms in total. The number of aryl methyl sites for hydroxylation is 1. The summed E-state index contributed by atoms with van der Waals surface area (Å²) in [5.41, 5.74) is 2.26. The fourth-order valence-electron chi connectivity index (χ4n) is 4.11. The number of hydrogen-bond donors (Lipinski definition) is 1. The van der Waals surface area contributed by atoms with Crippen LogP contribution in [0.25, 0.3) is 0 Å². The molecule has 1 amide bonds. The van der Waals surface area contributed by atoms with Crippen molar-refractivity contribution in [1.29, 1.82) is 0 Å². The Labute approximate surface area is 147 Å².